The maximum Gasteiger partial charge on any atom is 0.408 e. The lowest BCUT2D eigenvalue weighted by Gasteiger charge is -2.20. The lowest BCUT2D eigenvalue weighted by atomic mass is 10.1. The average molecular weight is 422 g/mol. The summed E-state index contributed by atoms with van der Waals surface area (Å²) in [6.45, 7) is 1.72. The van der Waals surface area contributed by atoms with Crippen molar-refractivity contribution in [1.82, 2.24) is 19.7 Å². The lowest BCUT2D eigenvalue weighted by molar-refractivity contribution is -0.158. The van der Waals surface area contributed by atoms with Gasteiger partial charge in [0.2, 0.25) is 0 Å². The van der Waals surface area contributed by atoms with Crippen molar-refractivity contribution >= 4 is 11.6 Å². The third-order valence-electron chi connectivity index (χ3n) is 5.08. The summed E-state index contributed by atoms with van der Waals surface area (Å²) in [6.07, 6.45) is -2.40. The van der Waals surface area contributed by atoms with Gasteiger partial charge in [-0.3, -0.25) is 9.20 Å². The molecule has 2 heterocycles. The molecule has 1 unspecified atom stereocenters. The third kappa shape index (κ3) is 3.69. The molecular formula is C20H18F4N4O2. The molecule has 0 bridgehead atoms. The summed E-state index contributed by atoms with van der Waals surface area (Å²) in [7, 11) is 1.43. The van der Waals surface area contributed by atoms with Crippen molar-refractivity contribution in [2.45, 2.75) is 32.0 Å². The van der Waals surface area contributed by atoms with Crippen LogP contribution in [0.5, 0.6) is 5.75 Å². The molecule has 10 heteroatoms. The van der Waals surface area contributed by atoms with E-state index < -0.39 is 29.9 Å². The highest BCUT2D eigenvalue weighted by molar-refractivity contribution is 5.98. The maximum absolute atomic E-state index is 13.8. The number of ether oxygens (including phenoxy) is 1. The van der Waals surface area contributed by atoms with Crippen LogP contribution in [0.2, 0.25) is 0 Å². The molecule has 0 saturated heterocycles. The molecule has 1 saturated carbocycles. The summed E-state index contributed by atoms with van der Waals surface area (Å²) in [6, 6.07) is 3.64. The van der Waals surface area contributed by atoms with Crippen LogP contribution < -0.4 is 10.1 Å². The summed E-state index contributed by atoms with van der Waals surface area (Å²) < 4.78 is 60.4. The van der Waals surface area contributed by atoms with Gasteiger partial charge in [-0.05, 0) is 49.9 Å². The molecule has 3 aromatic rings. The first-order valence-electron chi connectivity index (χ1n) is 9.25. The minimum absolute atomic E-state index is 0.0746. The van der Waals surface area contributed by atoms with Gasteiger partial charge >= 0.3 is 6.18 Å². The van der Waals surface area contributed by atoms with E-state index in [2.05, 4.69) is 15.3 Å². The standard InChI is InChI=1S/C20H18F4N4O2/c1-10-7-14(13-8-12(21)5-6-15(13)30-2)26-18-16(25-9-28(10)18)19(29)27-17(11-3-4-11)20(22,23)24/h5-9,11,17H,3-4H2,1-2H3,(H,27,29). The molecule has 0 radical (unpaired) electrons. The van der Waals surface area contributed by atoms with Gasteiger partial charge < -0.3 is 10.1 Å². The molecule has 4 rings (SSSR count). The van der Waals surface area contributed by atoms with E-state index >= 15 is 0 Å². The minimum Gasteiger partial charge on any atom is -0.496 e. The van der Waals surface area contributed by atoms with E-state index in [1.807, 2.05) is 0 Å². The molecular weight excluding hydrogens is 404 g/mol. The van der Waals surface area contributed by atoms with Crippen molar-refractivity contribution in [1.29, 1.82) is 0 Å². The number of aromatic nitrogens is 3. The van der Waals surface area contributed by atoms with Crippen LogP contribution in [0.4, 0.5) is 17.6 Å². The molecule has 2 aromatic heterocycles. The van der Waals surface area contributed by atoms with E-state index in [1.165, 1.54) is 36.0 Å². The summed E-state index contributed by atoms with van der Waals surface area (Å²) in [4.78, 5) is 21.0. The highest BCUT2D eigenvalue weighted by Gasteiger charge is 2.50. The Morgan fingerprint density at radius 1 is 1.30 bits per heavy atom. The Bertz CT molecular complexity index is 1120. The third-order valence-corrected chi connectivity index (χ3v) is 5.08. The highest BCUT2D eigenvalue weighted by atomic mass is 19.4. The van der Waals surface area contributed by atoms with Crippen LogP contribution in [-0.4, -0.2) is 39.6 Å². The molecule has 30 heavy (non-hydrogen) atoms. The summed E-state index contributed by atoms with van der Waals surface area (Å²) >= 11 is 0. The first kappa shape index (κ1) is 20.1. The Kier molecular flexibility index (Phi) is 4.87. The number of carbonyl (C=O) groups excluding carboxylic acids is 1. The molecule has 1 amide bonds. The molecule has 1 aliphatic carbocycles. The summed E-state index contributed by atoms with van der Waals surface area (Å²) in [5, 5.41) is 2.06. The van der Waals surface area contributed by atoms with Crippen LogP contribution in [0.25, 0.3) is 16.9 Å². The number of carbonyl (C=O) groups is 1. The van der Waals surface area contributed by atoms with Crippen molar-refractivity contribution in [2.24, 2.45) is 5.92 Å². The molecule has 6 nitrogen and oxygen atoms in total. The second-order valence-corrected chi connectivity index (χ2v) is 7.24. The van der Waals surface area contributed by atoms with Gasteiger partial charge in [0, 0.05) is 11.3 Å². The SMILES string of the molecule is COc1ccc(F)cc1-c1cc(C)n2cnc(C(=O)NC(C3CC3)C(F)(F)F)c2n1. The van der Waals surface area contributed by atoms with Gasteiger partial charge in [0.15, 0.2) is 11.3 Å². The van der Waals surface area contributed by atoms with E-state index in [1.54, 1.807) is 13.0 Å². The topological polar surface area (TPSA) is 68.5 Å². The Balaban J connectivity index is 1.76. The fraction of sp³-hybridized carbons (Fsp3) is 0.350. The summed E-state index contributed by atoms with van der Waals surface area (Å²) in [5.74, 6) is -1.72. The van der Waals surface area contributed by atoms with Crippen molar-refractivity contribution in [3.63, 3.8) is 0 Å². The minimum atomic E-state index is -4.55. The van der Waals surface area contributed by atoms with Gasteiger partial charge in [-0.15, -0.1) is 0 Å². The maximum atomic E-state index is 13.8. The Morgan fingerprint density at radius 2 is 2.03 bits per heavy atom. The number of hydrogen-bond acceptors (Lipinski definition) is 4. The van der Waals surface area contributed by atoms with Crippen molar-refractivity contribution in [2.75, 3.05) is 7.11 Å². The van der Waals surface area contributed by atoms with Crippen molar-refractivity contribution in [3.05, 3.63) is 47.8 Å². The zero-order valence-corrected chi connectivity index (χ0v) is 16.1. The number of nitrogens with one attached hydrogen (secondary N) is 1. The molecule has 0 spiro atoms. The molecule has 1 fully saturated rings. The lowest BCUT2D eigenvalue weighted by Crippen LogP contribution is -2.47. The number of aryl methyl sites for hydroxylation is 1. The largest absolute Gasteiger partial charge is 0.496 e. The monoisotopic (exact) mass is 422 g/mol. The first-order valence-corrected chi connectivity index (χ1v) is 9.25. The Morgan fingerprint density at radius 3 is 2.67 bits per heavy atom. The van der Waals surface area contributed by atoms with Crippen LogP contribution in [0, 0.1) is 18.7 Å². The number of fused-ring (bicyclic) bond motifs is 1. The molecule has 1 aliphatic rings. The number of alkyl halides is 3. The number of nitrogens with zero attached hydrogens (tertiary/aromatic N) is 3. The molecule has 158 valence electrons. The number of methoxy groups -OCH3 is 1. The fourth-order valence-corrected chi connectivity index (χ4v) is 3.41. The zero-order chi connectivity index (χ0) is 21.6. The number of halogens is 4. The Labute approximate surface area is 168 Å². The van der Waals surface area contributed by atoms with Crippen LogP contribution in [0.3, 0.4) is 0 Å². The number of amides is 1. The second kappa shape index (κ2) is 7.26. The number of hydrogen-bond donors (Lipinski definition) is 1. The smallest absolute Gasteiger partial charge is 0.408 e. The van der Waals surface area contributed by atoms with Gasteiger partial charge in [0.05, 0.1) is 12.8 Å². The van der Waals surface area contributed by atoms with E-state index in [4.69, 9.17) is 4.74 Å². The van der Waals surface area contributed by atoms with E-state index in [0.717, 1.165) is 0 Å². The molecule has 1 N–H and O–H groups in total. The average Bonchev–Trinajstić information content (AvgIpc) is 3.42. The fourth-order valence-electron chi connectivity index (χ4n) is 3.41. The highest BCUT2D eigenvalue weighted by Crippen LogP contribution is 2.40. The normalized spacial score (nSPS) is 15.3. The number of benzene rings is 1. The summed E-state index contributed by atoms with van der Waals surface area (Å²) in [5.41, 5.74) is 1.11. The van der Waals surface area contributed by atoms with Gasteiger partial charge in [-0.1, -0.05) is 0 Å². The van der Waals surface area contributed by atoms with Gasteiger partial charge in [0.1, 0.15) is 23.9 Å². The Hall–Kier alpha value is -3.17. The quantitative estimate of drug-likeness (QED) is 0.633. The van der Waals surface area contributed by atoms with Crippen LogP contribution in [0.15, 0.2) is 30.6 Å². The van der Waals surface area contributed by atoms with E-state index in [-0.39, 0.29) is 11.3 Å². The second-order valence-electron chi connectivity index (χ2n) is 7.24. The first-order chi connectivity index (χ1) is 14.2. The molecule has 1 atom stereocenters. The predicted octanol–water partition coefficient (Wildman–Crippen LogP) is 3.92. The van der Waals surface area contributed by atoms with Gasteiger partial charge in [-0.2, -0.15) is 13.2 Å². The van der Waals surface area contributed by atoms with E-state index in [9.17, 15) is 22.4 Å². The van der Waals surface area contributed by atoms with Gasteiger partial charge in [0.25, 0.3) is 5.91 Å². The van der Waals surface area contributed by atoms with Gasteiger partial charge in [-0.25, -0.2) is 14.4 Å². The van der Waals surface area contributed by atoms with Crippen molar-refractivity contribution < 1.29 is 27.1 Å². The van der Waals surface area contributed by atoms with Crippen molar-refractivity contribution in [3.8, 4) is 17.0 Å². The van der Waals surface area contributed by atoms with Crippen LogP contribution in [-0.2, 0) is 0 Å². The molecule has 0 aliphatic heterocycles. The van der Waals surface area contributed by atoms with E-state index in [0.29, 0.717) is 35.5 Å². The number of imidazole rings is 1. The predicted molar refractivity (Wildman–Crippen MR) is 99.7 cm³/mol. The number of rotatable bonds is 5. The molecule has 1 aromatic carbocycles. The zero-order valence-electron chi connectivity index (χ0n) is 16.1. The van der Waals surface area contributed by atoms with Crippen LogP contribution in [0.1, 0.15) is 29.0 Å². The van der Waals surface area contributed by atoms with Crippen LogP contribution >= 0.6 is 0 Å².